The molecule has 0 radical (unpaired) electrons. The van der Waals surface area contributed by atoms with Gasteiger partial charge in [0, 0.05) is 17.6 Å². The molecule has 2 atom stereocenters. The van der Waals surface area contributed by atoms with E-state index >= 15 is 0 Å². The number of fused-ring (bicyclic) bond motifs is 1. The molecule has 3 aromatic heterocycles. The van der Waals surface area contributed by atoms with Crippen LogP contribution in [-0.2, 0) is 15.1 Å². The Hall–Kier alpha value is -3.27. The molecule has 0 bridgehead atoms. The van der Waals surface area contributed by atoms with Crippen molar-refractivity contribution < 1.29 is 14.4 Å². The molecule has 9 nitrogen and oxygen atoms in total. The number of piperidine rings is 1. The number of pyridine rings is 1. The van der Waals surface area contributed by atoms with Crippen molar-refractivity contribution in [3.05, 3.63) is 41.2 Å². The Morgan fingerprint density at radius 2 is 2.10 bits per heavy atom. The number of likely N-dealkylation sites (tertiary alicyclic amines) is 1. The number of hydrogen-bond acceptors (Lipinski definition) is 6. The molecule has 0 aliphatic carbocycles. The summed E-state index contributed by atoms with van der Waals surface area (Å²) in [5.74, 6) is -1.78. The van der Waals surface area contributed by atoms with Crippen molar-refractivity contribution in [2.45, 2.75) is 32.2 Å². The van der Waals surface area contributed by atoms with Gasteiger partial charge in [0.2, 0.25) is 5.91 Å². The van der Waals surface area contributed by atoms with Crippen LogP contribution in [-0.4, -0.2) is 44.3 Å². The number of primary amides is 1. The van der Waals surface area contributed by atoms with Gasteiger partial charge in [-0.05, 0) is 37.8 Å². The zero-order valence-corrected chi connectivity index (χ0v) is 17.5. The molecular formula is C20H22N6O3S. The van der Waals surface area contributed by atoms with E-state index in [0.29, 0.717) is 6.54 Å². The van der Waals surface area contributed by atoms with Gasteiger partial charge in [-0.15, -0.1) is 11.3 Å². The second-order valence-corrected chi connectivity index (χ2v) is 8.96. The van der Waals surface area contributed by atoms with Gasteiger partial charge in [0.15, 0.2) is 0 Å². The Kier molecular flexibility index (Phi) is 5.02. The number of H-pyrrole nitrogens is 1. The first kappa shape index (κ1) is 20.0. The molecule has 4 N–H and O–H groups in total. The second-order valence-electron chi connectivity index (χ2n) is 7.87. The summed E-state index contributed by atoms with van der Waals surface area (Å²) in [6, 6.07) is 3.40. The maximum Gasteiger partial charge on any atom is 0.313 e. The van der Waals surface area contributed by atoms with Gasteiger partial charge in [0.25, 0.3) is 0 Å². The van der Waals surface area contributed by atoms with Gasteiger partial charge >= 0.3 is 11.8 Å². The van der Waals surface area contributed by atoms with E-state index in [9.17, 15) is 14.4 Å². The average molecular weight is 427 g/mol. The summed E-state index contributed by atoms with van der Waals surface area (Å²) in [4.78, 5) is 43.9. The van der Waals surface area contributed by atoms with Gasteiger partial charge in [-0.2, -0.15) is 5.10 Å². The van der Waals surface area contributed by atoms with Gasteiger partial charge in [-0.25, -0.2) is 0 Å². The molecule has 1 fully saturated rings. The van der Waals surface area contributed by atoms with Gasteiger partial charge in [0.05, 0.1) is 39.4 Å². The maximum absolute atomic E-state index is 13.2. The van der Waals surface area contributed by atoms with Crippen LogP contribution in [0.1, 0.15) is 41.9 Å². The van der Waals surface area contributed by atoms with E-state index in [0.717, 1.165) is 27.9 Å². The summed E-state index contributed by atoms with van der Waals surface area (Å²) in [5.41, 5.74) is 5.97. The Morgan fingerprint density at radius 1 is 1.30 bits per heavy atom. The molecule has 3 aromatic rings. The summed E-state index contributed by atoms with van der Waals surface area (Å²) in [7, 11) is 0. The van der Waals surface area contributed by atoms with E-state index in [1.165, 1.54) is 18.5 Å². The minimum atomic E-state index is -0.775. The molecular weight excluding hydrogens is 404 g/mol. The molecule has 1 aliphatic heterocycles. The van der Waals surface area contributed by atoms with Crippen LogP contribution in [0.4, 0.5) is 5.69 Å². The minimum absolute atomic E-state index is 0.152. The van der Waals surface area contributed by atoms with Crippen molar-refractivity contribution in [3.63, 3.8) is 0 Å². The van der Waals surface area contributed by atoms with Crippen molar-refractivity contribution in [1.29, 1.82) is 0 Å². The third kappa shape index (κ3) is 3.54. The van der Waals surface area contributed by atoms with Crippen molar-refractivity contribution in [2.75, 3.05) is 11.9 Å². The molecule has 156 valence electrons. The Morgan fingerprint density at radius 3 is 2.83 bits per heavy atom. The topological polar surface area (TPSA) is 134 Å². The number of amides is 3. The smallest absolute Gasteiger partial charge is 0.313 e. The molecule has 1 saturated heterocycles. The lowest BCUT2D eigenvalue weighted by Crippen LogP contribution is -2.55. The fourth-order valence-electron chi connectivity index (χ4n) is 3.79. The predicted molar refractivity (Wildman–Crippen MR) is 113 cm³/mol. The van der Waals surface area contributed by atoms with E-state index in [1.807, 2.05) is 13.0 Å². The Balaban J connectivity index is 1.61. The lowest BCUT2D eigenvalue weighted by molar-refractivity contribution is -0.150. The lowest BCUT2D eigenvalue weighted by Gasteiger charge is -2.46. The largest absolute Gasteiger partial charge is 0.366 e. The fourth-order valence-corrected chi connectivity index (χ4v) is 4.96. The summed E-state index contributed by atoms with van der Waals surface area (Å²) in [5, 5.41) is 9.53. The van der Waals surface area contributed by atoms with E-state index < -0.39 is 23.3 Å². The van der Waals surface area contributed by atoms with Gasteiger partial charge in [0.1, 0.15) is 0 Å². The number of hydrogen-bond donors (Lipinski definition) is 3. The third-order valence-corrected chi connectivity index (χ3v) is 6.92. The quantitative estimate of drug-likeness (QED) is 0.552. The fraction of sp³-hybridized carbons (Fsp3) is 0.350. The Bertz CT molecular complexity index is 1110. The number of aromatic nitrogens is 3. The number of thiophene rings is 1. The number of carbonyl (C=O) groups is 3. The first-order valence-corrected chi connectivity index (χ1v) is 10.4. The van der Waals surface area contributed by atoms with E-state index in [2.05, 4.69) is 27.4 Å². The second kappa shape index (κ2) is 7.52. The van der Waals surface area contributed by atoms with E-state index in [-0.39, 0.29) is 17.2 Å². The SMILES string of the molecule is C[C@H]1CC[C@@](C)(c2cc3[nH]ncc3s2)N(C(=O)C(=O)Nc2cncc(C(N)=O)c2)C1. The van der Waals surface area contributed by atoms with Gasteiger partial charge in [-0.1, -0.05) is 6.92 Å². The molecule has 4 heterocycles. The molecule has 0 unspecified atom stereocenters. The Labute approximate surface area is 176 Å². The predicted octanol–water partition coefficient (Wildman–Crippen LogP) is 2.23. The highest BCUT2D eigenvalue weighted by atomic mass is 32.1. The lowest BCUT2D eigenvalue weighted by atomic mass is 9.82. The first-order chi connectivity index (χ1) is 14.3. The van der Waals surface area contributed by atoms with Crippen molar-refractivity contribution in [2.24, 2.45) is 11.7 Å². The molecule has 3 amide bonds. The molecule has 10 heteroatoms. The van der Waals surface area contributed by atoms with Crippen LogP contribution in [0.15, 0.2) is 30.7 Å². The number of carbonyl (C=O) groups excluding carboxylic acids is 3. The number of nitrogens with one attached hydrogen (secondary N) is 2. The molecule has 4 rings (SSSR count). The molecule has 0 spiro atoms. The van der Waals surface area contributed by atoms with Crippen molar-refractivity contribution in [3.8, 4) is 0 Å². The highest BCUT2D eigenvalue weighted by molar-refractivity contribution is 7.19. The highest BCUT2D eigenvalue weighted by Crippen LogP contribution is 2.43. The van der Waals surface area contributed by atoms with Crippen LogP contribution in [0.25, 0.3) is 10.2 Å². The van der Waals surface area contributed by atoms with Crippen LogP contribution >= 0.6 is 11.3 Å². The average Bonchev–Trinajstić information content (AvgIpc) is 3.32. The van der Waals surface area contributed by atoms with E-state index in [4.69, 9.17) is 5.73 Å². The normalized spacial score (nSPS) is 21.5. The summed E-state index contributed by atoms with van der Waals surface area (Å²) in [6.45, 7) is 4.55. The van der Waals surface area contributed by atoms with Crippen LogP contribution < -0.4 is 11.1 Å². The molecule has 30 heavy (non-hydrogen) atoms. The maximum atomic E-state index is 13.2. The van der Waals surface area contributed by atoms with Crippen LogP contribution in [0.2, 0.25) is 0 Å². The number of anilines is 1. The summed E-state index contributed by atoms with van der Waals surface area (Å²) < 4.78 is 1.01. The van der Waals surface area contributed by atoms with Crippen LogP contribution in [0.5, 0.6) is 0 Å². The molecule has 0 saturated carbocycles. The third-order valence-electron chi connectivity index (χ3n) is 5.59. The summed E-state index contributed by atoms with van der Waals surface area (Å²) >= 11 is 1.57. The van der Waals surface area contributed by atoms with Crippen molar-refractivity contribution >= 4 is 45.0 Å². The molecule has 1 aliphatic rings. The monoisotopic (exact) mass is 426 g/mol. The van der Waals surface area contributed by atoms with Crippen LogP contribution in [0.3, 0.4) is 0 Å². The first-order valence-electron chi connectivity index (χ1n) is 9.59. The number of nitrogens with zero attached hydrogens (tertiary/aromatic N) is 3. The number of aromatic amines is 1. The minimum Gasteiger partial charge on any atom is -0.366 e. The zero-order chi connectivity index (χ0) is 21.5. The van der Waals surface area contributed by atoms with Crippen molar-refractivity contribution in [1.82, 2.24) is 20.1 Å². The number of rotatable bonds is 3. The van der Waals surface area contributed by atoms with Crippen LogP contribution in [0, 0.1) is 5.92 Å². The molecule has 0 aromatic carbocycles. The zero-order valence-electron chi connectivity index (χ0n) is 16.6. The standard InChI is InChI=1S/C20H22N6O3S/c1-11-3-4-20(2,16-6-14-15(30-16)9-23-25-14)26(10-11)19(29)18(28)24-13-5-12(17(21)27)7-22-8-13/h5-9,11H,3-4,10H2,1-2H3,(H2,21,27)(H,23,25)(H,24,28)/t11-,20-/m0/s1. The highest BCUT2D eigenvalue weighted by Gasteiger charge is 2.44. The summed E-state index contributed by atoms with van der Waals surface area (Å²) in [6.07, 6.45) is 6.13. The van der Waals surface area contributed by atoms with Gasteiger partial charge < -0.3 is 16.0 Å². The number of nitrogens with two attached hydrogens (primary N) is 1. The van der Waals surface area contributed by atoms with E-state index in [1.54, 1.807) is 22.4 Å². The van der Waals surface area contributed by atoms with Gasteiger partial charge in [-0.3, -0.25) is 24.5 Å².